The molecule has 146 valence electrons. The molecule has 0 aliphatic heterocycles. The number of aromatic nitrogens is 4. The summed E-state index contributed by atoms with van der Waals surface area (Å²) in [6.45, 7) is 4.03. The lowest BCUT2D eigenvalue weighted by molar-refractivity contribution is 0.0979. The van der Waals surface area contributed by atoms with Crippen LogP contribution in [0, 0.1) is 6.92 Å². The highest BCUT2D eigenvalue weighted by Crippen LogP contribution is 2.29. The van der Waals surface area contributed by atoms with E-state index in [9.17, 15) is 4.79 Å². The van der Waals surface area contributed by atoms with Crippen molar-refractivity contribution >= 4 is 33.3 Å². The van der Waals surface area contributed by atoms with Gasteiger partial charge in [0.05, 0.1) is 16.3 Å². The molecule has 4 aromatic heterocycles. The fourth-order valence-corrected chi connectivity index (χ4v) is 4.08. The summed E-state index contributed by atoms with van der Waals surface area (Å²) in [7, 11) is 0. The molecule has 0 aromatic carbocycles. The van der Waals surface area contributed by atoms with Gasteiger partial charge >= 0.3 is 0 Å². The highest BCUT2D eigenvalue weighted by atomic mass is 32.1. The Kier molecular flexibility index (Phi) is 5.57. The van der Waals surface area contributed by atoms with Crippen molar-refractivity contribution in [2.45, 2.75) is 32.7 Å². The zero-order valence-electron chi connectivity index (χ0n) is 16.3. The molecule has 29 heavy (non-hydrogen) atoms. The molecule has 0 fully saturated rings. The molecular formula is C22H21N5OS. The number of carbonyl (C=O) groups excluding carboxylic acids is 1. The van der Waals surface area contributed by atoms with E-state index < -0.39 is 0 Å². The van der Waals surface area contributed by atoms with Crippen molar-refractivity contribution in [2.75, 3.05) is 5.32 Å². The lowest BCUT2D eigenvalue weighted by atomic mass is 10.1. The third-order valence-corrected chi connectivity index (χ3v) is 5.67. The van der Waals surface area contributed by atoms with Crippen LogP contribution in [-0.4, -0.2) is 25.7 Å². The number of fused-ring (bicyclic) bond motifs is 1. The number of thiophene rings is 1. The summed E-state index contributed by atoms with van der Waals surface area (Å²) in [6, 6.07) is 11.6. The summed E-state index contributed by atoms with van der Waals surface area (Å²) in [5.41, 5.74) is 3.20. The fourth-order valence-electron chi connectivity index (χ4n) is 3.12. The van der Waals surface area contributed by atoms with Crippen molar-refractivity contribution < 1.29 is 4.79 Å². The summed E-state index contributed by atoms with van der Waals surface area (Å²) in [6.07, 6.45) is 6.24. The second kappa shape index (κ2) is 8.45. The van der Waals surface area contributed by atoms with Crippen LogP contribution in [0.4, 0.5) is 5.95 Å². The first-order chi connectivity index (χ1) is 14.1. The first-order valence-corrected chi connectivity index (χ1v) is 10.3. The second-order valence-electron chi connectivity index (χ2n) is 6.86. The molecule has 4 aromatic rings. The smallest absolute Gasteiger partial charge is 0.224 e. The van der Waals surface area contributed by atoms with Crippen LogP contribution in [0.5, 0.6) is 0 Å². The molecule has 0 spiro atoms. The van der Waals surface area contributed by atoms with Crippen molar-refractivity contribution in [2.24, 2.45) is 0 Å². The number of carbonyl (C=O) groups is 1. The summed E-state index contributed by atoms with van der Waals surface area (Å²) < 4.78 is 0.841. The zero-order valence-corrected chi connectivity index (χ0v) is 17.1. The van der Waals surface area contributed by atoms with Gasteiger partial charge in [-0.1, -0.05) is 12.1 Å². The molecule has 0 aliphatic carbocycles. The number of aryl methyl sites for hydroxylation is 2. The van der Waals surface area contributed by atoms with Crippen LogP contribution in [0.2, 0.25) is 0 Å². The summed E-state index contributed by atoms with van der Waals surface area (Å²) in [5, 5.41) is 3.31. The molecule has 0 amide bonds. The Hall–Kier alpha value is -3.19. The Morgan fingerprint density at radius 3 is 2.83 bits per heavy atom. The third kappa shape index (κ3) is 4.46. The van der Waals surface area contributed by atoms with Crippen molar-refractivity contribution in [3.63, 3.8) is 0 Å². The first-order valence-electron chi connectivity index (χ1n) is 9.48. The fraction of sp³-hybridized carbons (Fsp3) is 0.227. The number of hydrogen-bond donors (Lipinski definition) is 1. The van der Waals surface area contributed by atoms with E-state index in [0.717, 1.165) is 26.4 Å². The Balaban J connectivity index is 1.61. The number of ketones is 1. The maximum absolute atomic E-state index is 13.0. The Bertz CT molecular complexity index is 1130. The topological polar surface area (TPSA) is 80.7 Å². The van der Waals surface area contributed by atoms with Crippen molar-refractivity contribution in [3.05, 3.63) is 76.8 Å². The monoisotopic (exact) mass is 403 g/mol. The van der Waals surface area contributed by atoms with E-state index in [1.807, 2.05) is 56.4 Å². The molecule has 4 heterocycles. The van der Waals surface area contributed by atoms with Gasteiger partial charge in [-0.05, 0) is 50.1 Å². The average Bonchev–Trinajstić information content (AvgIpc) is 3.12. The van der Waals surface area contributed by atoms with E-state index in [2.05, 4.69) is 25.3 Å². The van der Waals surface area contributed by atoms with Crippen LogP contribution in [0.3, 0.4) is 0 Å². The largest absolute Gasteiger partial charge is 0.348 e. The van der Waals surface area contributed by atoms with Crippen LogP contribution < -0.4 is 5.32 Å². The highest BCUT2D eigenvalue weighted by Gasteiger charge is 2.18. The van der Waals surface area contributed by atoms with E-state index in [0.29, 0.717) is 24.5 Å². The van der Waals surface area contributed by atoms with Gasteiger partial charge in [0.15, 0.2) is 5.78 Å². The number of rotatable bonds is 7. The van der Waals surface area contributed by atoms with Crippen molar-refractivity contribution in [1.82, 2.24) is 19.9 Å². The predicted octanol–water partition coefficient (Wildman–Crippen LogP) is 4.78. The predicted molar refractivity (Wildman–Crippen MR) is 115 cm³/mol. The molecule has 0 saturated carbocycles. The molecule has 0 aliphatic rings. The number of hydrogen-bond acceptors (Lipinski definition) is 7. The van der Waals surface area contributed by atoms with E-state index >= 15 is 0 Å². The van der Waals surface area contributed by atoms with Gasteiger partial charge in [0.2, 0.25) is 5.95 Å². The van der Waals surface area contributed by atoms with Crippen molar-refractivity contribution in [1.29, 1.82) is 0 Å². The number of pyridine rings is 2. The van der Waals surface area contributed by atoms with Crippen LogP contribution in [0.1, 0.15) is 46.0 Å². The van der Waals surface area contributed by atoms with Crippen LogP contribution >= 0.6 is 11.3 Å². The number of nitrogens with zero attached hydrogens (tertiary/aromatic N) is 4. The SMILES string of the molecule is Cc1cc2nc(N[C@@H](C)c3cccnc3)nc(C(=O)CCc3ccccn3)c2s1. The number of Topliss-reactive ketones (excluding diaryl/α,β-unsaturated/α-hetero) is 1. The molecule has 1 N–H and O–H groups in total. The first kappa shape index (κ1) is 19.1. The third-order valence-electron chi connectivity index (χ3n) is 4.62. The van der Waals surface area contributed by atoms with E-state index in [-0.39, 0.29) is 11.8 Å². The minimum Gasteiger partial charge on any atom is -0.348 e. The van der Waals surface area contributed by atoms with Crippen LogP contribution in [0.15, 0.2) is 55.0 Å². The van der Waals surface area contributed by atoms with Gasteiger partial charge < -0.3 is 5.32 Å². The van der Waals surface area contributed by atoms with Gasteiger partial charge in [-0.25, -0.2) is 9.97 Å². The normalized spacial score (nSPS) is 12.1. The van der Waals surface area contributed by atoms with E-state index in [1.165, 1.54) is 0 Å². The molecule has 7 heteroatoms. The maximum atomic E-state index is 13.0. The second-order valence-corrected chi connectivity index (χ2v) is 8.12. The molecule has 6 nitrogen and oxygen atoms in total. The standard InChI is InChI=1S/C22H21N5OS/c1-14-12-18-21(29-14)20(19(28)9-8-17-7-3-4-11-24-17)27-22(26-18)25-15(2)16-6-5-10-23-13-16/h3-7,10-13,15H,8-9H2,1-2H3,(H,25,26,27)/t15-/m0/s1. The average molecular weight is 404 g/mol. The zero-order chi connectivity index (χ0) is 20.2. The van der Waals surface area contributed by atoms with E-state index in [4.69, 9.17) is 0 Å². The van der Waals surface area contributed by atoms with Gasteiger partial charge in [-0.3, -0.25) is 14.8 Å². The molecule has 0 bridgehead atoms. The molecule has 0 radical (unpaired) electrons. The molecule has 0 unspecified atom stereocenters. The Labute approximate surface area is 173 Å². The van der Waals surface area contributed by atoms with Gasteiger partial charge in [0, 0.05) is 35.6 Å². The highest BCUT2D eigenvalue weighted by molar-refractivity contribution is 7.19. The lowest BCUT2D eigenvalue weighted by Gasteiger charge is -2.14. The van der Waals surface area contributed by atoms with Crippen LogP contribution in [-0.2, 0) is 6.42 Å². The molecule has 4 rings (SSSR count). The van der Waals surface area contributed by atoms with Gasteiger partial charge in [0.25, 0.3) is 0 Å². The van der Waals surface area contributed by atoms with Gasteiger partial charge in [-0.2, -0.15) is 0 Å². The summed E-state index contributed by atoms with van der Waals surface area (Å²) in [5.74, 6) is 0.454. The van der Waals surface area contributed by atoms with E-state index in [1.54, 1.807) is 23.7 Å². The molecule has 1 atom stereocenters. The maximum Gasteiger partial charge on any atom is 0.224 e. The van der Waals surface area contributed by atoms with Crippen molar-refractivity contribution in [3.8, 4) is 0 Å². The Morgan fingerprint density at radius 2 is 2.07 bits per heavy atom. The quantitative estimate of drug-likeness (QED) is 0.447. The Morgan fingerprint density at radius 1 is 1.17 bits per heavy atom. The number of nitrogens with one attached hydrogen (secondary N) is 1. The number of anilines is 1. The minimum atomic E-state index is -0.0302. The molecular weight excluding hydrogens is 382 g/mol. The lowest BCUT2D eigenvalue weighted by Crippen LogP contribution is -2.13. The van der Waals surface area contributed by atoms with Gasteiger partial charge in [0.1, 0.15) is 5.69 Å². The van der Waals surface area contributed by atoms with Crippen LogP contribution in [0.25, 0.3) is 10.2 Å². The summed E-state index contributed by atoms with van der Waals surface area (Å²) >= 11 is 1.55. The minimum absolute atomic E-state index is 0.00184. The summed E-state index contributed by atoms with van der Waals surface area (Å²) in [4.78, 5) is 31.8. The van der Waals surface area contributed by atoms with Gasteiger partial charge in [-0.15, -0.1) is 11.3 Å². The molecule has 0 saturated heterocycles.